The third kappa shape index (κ3) is 2.52. The van der Waals surface area contributed by atoms with Gasteiger partial charge in [0.15, 0.2) is 0 Å². The van der Waals surface area contributed by atoms with Crippen LogP contribution in [0.4, 0.5) is 0 Å². The second-order valence-corrected chi connectivity index (χ2v) is 5.03. The third-order valence-electron chi connectivity index (χ3n) is 2.05. The highest BCUT2D eigenvalue weighted by Gasteiger charge is 2.03. The summed E-state index contributed by atoms with van der Waals surface area (Å²) in [6.07, 6.45) is 0. The van der Waals surface area contributed by atoms with Crippen molar-refractivity contribution in [3.8, 4) is 11.1 Å². The van der Waals surface area contributed by atoms with Gasteiger partial charge in [-0.2, -0.15) is 0 Å². The topological polar surface area (TPSA) is 26.0 Å². The molecule has 1 aromatic carbocycles. The van der Waals surface area contributed by atoms with Crippen LogP contribution in [0.1, 0.15) is 4.88 Å². The lowest BCUT2D eigenvalue weighted by atomic mass is 10.1. The highest BCUT2D eigenvalue weighted by molar-refractivity contribution is 7.10. The summed E-state index contributed by atoms with van der Waals surface area (Å²) >= 11 is 13.5. The highest BCUT2D eigenvalue weighted by Crippen LogP contribution is 2.30. The molecule has 78 valence electrons. The van der Waals surface area contributed by atoms with E-state index in [9.17, 15) is 0 Å². The van der Waals surface area contributed by atoms with Crippen LogP contribution in [0, 0.1) is 0 Å². The third-order valence-corrected chi connectivity index (χ3v) is 3.45. The Morgan fingerprint density at radius 1 is 1.00 bits per heavy atom. The standard InChI is InChI=1S/C11H9Cl2NS/c12-9-1-7(2-10(13)4-9)8-3-11(5-14)15-6-8/h1-4,6H,5,14H2. The molecule has 2 aromatic rings. The molecule has 0 aliphatic rings. The Bertz CT molecular complexity index is 459. The van der Waals surface area contributed by atoms with Gasteiger partial charge in [-0.05, 0) is 40.8 Å². The molecule has 15 heavy (non-hydrogen) atoms. The van der Waals surface area contributed by atoms with Gasteiger partial charge < -0.3 is 5.73 Å². The Hall–Kier alpha value is -0.540. The number of benzene rings is 1. The second-order valence-electron chi connectivity index (χ2n) is 3.16. The van der Waals surface area contributed by atoms with Crippen molar-refractivity contribution in [1.82, 2.24) is 0 Å². The Morgan fingerprint density at radius 2 is 1.67 bits per heavy atom. The van der Waals surface area contributed by atoms with E-state index in [1.165, 1.54) is 0 Å². The Balaban J connectivity index is 2.44. The maximum Gasteiger partial charge on any atom is 0.0426 e. The van der Waals surface area contributed by atoms with Gasteiger partial charge in [0.05, 0.1) is 0 Å². The van der Waals surface area contributed by atoms with Crippen LogP contribution in [-0.4, -0.2) is 0 Å². The molecule has 1 heterocycles. The van der Waals surface area contributed by atoms with Gasteiger partial charge in [-0.1, -0.05) is 23.2 Å². The SMILES string of the molecule is NCc1cc(-c2cc(Cl)cc(Cl)c2)cs1. The lowest BCUT2D eigenvalue weighted by molar-refractivity contribution is 1.11. The molecule has 0 aliphatic heterocycles. The average Bonchev–Trinajstić information content (AvgIpc) is 2.64. The Morgan fingerprint density at radius 3 is 2.20 bits per heavy atom. The van der Waals surface area contributed by atoms with E-state index in [2.05, 4.69) is 11.4 Å². The maximum absolute atomic E-state index is 5.93. The van der Waals surface area contributed by atoms with Crippen LogP contribution in [0.15, 0.2) is 29.6 Å². The summed E-state index contributed by atoms with van der Waals surface area (Å²) in [7, 11) is 0. The van der Waals surface area contributed by atoms with E-state index in [1.807, 2.05) is 12.1 Å². The number of halogens is 2. The van der Waals surface area contributed by atoms with E-state index < -0.39 is 0 Å². The van der Waals surface area contributed by atoms with E-state index in [1.54, 1.807) is 17.4 Å². The van der Waals surface area contributed by atoms with Crippen LogP contribution >= 0.6 is 34.5 Å². The zero-order valence-electron chi connectivity index (χ0n) is 7.84. The van der Waals surface area contributed by atoms with E-state index in [-0.39, 0.29) is 0 Å². The summed E-state index contributed by atoms with van der Waals surface area (Å²) in [5, 5.41) is 3.36. The highest BCUT2D eigenvalue weighted by atomic mass is 35.5. The number of hydrogen-bond acceptors (Lipinski definition) is 2. The molecule has 0 aliphatic carbocycles. The van der Waals surface area contributed by atoms with E-state index >= 15 is 0 Å². The van der Waals surface area contributed by atoms with Gasteiger partial charge in [0, 0.05) is 21.5 Å². The molecule has 1 aromatic heterocycles. The first-order valence-corrected chi connectivity index (χ1v) is 6.06. The normalized spacial score (nSPS) is 10.6. The van der Waals surface area contributed by atoms with E-state index in [4.69, 9.17) is 28.9 Å². The molecule has 0 atom stereocenters. The van der Waals surface area contributed by atoms with Crippen LogP contribution in [0.2, 0.25) is 10.0 Å². The molecule has 2 N–H and O–H groups in total. The van der Waals surface area contributed by atoms with Crippen LogP contribution in [0.3, 0.4) is 0 Å². The summed E-state index contributed by atoms with van der Waals surface area (Å²) in [5.41, 5.74) is 7.71. The summed E-state index contributed by atoms with van der Waals surface area (Å²) < 4.78 is 0. The van der Waals surface area contributed by atoms with Gasteiger partial charge in [0.1, 0.15) is 0 Å². The Kier molecular flexibility index (Phi) is 3.32. The summed E-state index contributed by atoms with van der Waals surface area (Å²) in [6.45, 7) is 0.568. The minimum atomic E-state index is 0.568. The maximum atomic E-state index is 5.93. The van der Waals surface area contributed by atoms with Crippen LogP contribution < -0.4 is 5.73 Å². The van der Waals surface area contributed by atoms with Crippen molar-refractivity contribution in [3.63, 3.8) is 0 Å². The largest absolute Gasteiger partial charge is 0.326 e. The quantitative estimate of drug-likeness (QED) is 0.859. The smallest absolute Gasteiger partial charge is 0.0426 e. The first-order valence-electron chi connectivity index (χ1n) is 4.43. The van der Waals surface area contributed by atoms with Crippen molar-refractivity contribution in [2.24, 2.45) is 5.73 Å². The first kappa shape index (κ1) is 11.0. The minimum absolute atomic E-state index is 0.568. The average molecular weight is 258 g/mol. The van der Waals surface area contributed by atoms with Gasteiger partial charge in [-0.25, -0.2) is 0 Å². The van der Waals surface area contributed by atoms with Crippen molar-refractivity contribution in [3.05, 3.63) is 44.6 Å². The Labute approximate surface area is 102 Å². The van der Waals surface area contributed by atoms with Crippen molar-refractivity contribution < 1.29 is 0 Å². The second kappa shape index (κ2) is 4.54. The van der Waals surface area contributed by atoms with Crippen LogP contribution in [0.5, 0.6) is 0 Å². The van der Waals surface area contributed by atoms with Crippen LogP contribution in [0.25, 0.3) is 11.1 Å². The van der Waals surface area contributed by atoms with Gasteiger partial charge in [0.2, 0.25) is 0 Å². The van der Waals surface area contributed by atoms with Crippen LogP contribution in [-0.2, 0) is 6.54 Å². The molecule has 0 amide bonds. The van der Waals surface area contributed by atoms with Crippen molar-refractivity contribution in [1.29, 1.82) is 0 Å². The fraction of sp³-hybridized carbons (Fsp3) is 0.0909. The number of hydrogen-bond donors (Lipinski definition) is 1. The molecule has 4 heteroatoms. The molecule has 0 fully saturated rings. The molecule has 0 saturated heterocycles. The zero-order chi connectivity index (χ0) is 10.8. The molecule has 1 nitrogen and oxygen atoms in total. The fourth-order valence-electron chi connectivity index (χ4n) is 1.36. The molecule has 0 bridgehead atoms. The molecule has 0 spiro atoms. The summed E-state index contributed by atoms with van der Waals surface area (Å²) in [6, 6.07) is 7.58. The van der Waals surface area contributed by atoms with Gasteiger partial charge in [0.25, 0.3) is 0 Å². The van der Waals surface area contributed by atoms with Gasteiger partial charge in [-0.15, -0.1) is 11.3 Å². The van der Waals surface area contributed by atoms with E-state index in [0.717, 1.165) is 16.0 Å². The molecule has 2 rings (SSSR count). The van der Waals surface area contributed by atoms with Gasteiger partial charge in [-0.3, -0.25) is 0 Å². The summed E-state index contributed by atoms with van der Waals surface area (Å²) in [5.74, 6) is 0. The number of nitrogens with two attached hydrogens (primary N) is 1. The van der Waals surface area contributed by atoms with Crippen molar-refractivity contribution in [2.75, 3.05) is 0 Å². The van der Waals surface area contributed by atoms with Gasteiger partial charge >= 0.3 is 0 Å². The number of thiophene rings is 1. The zero-order valence-corrected chi connectivity index (χ0v) is 10.2. The monoisotopic (exact) mass is 257 g/mol. The molecule has 0 radical (unpaired) electrons. The lowest BCUT2D eigenvalue weighted by Gasteiger charge is -1.99. The minimum Gasteiger partial charge on any atom is -0.326 e. The molecular formula is C11H9Cl2NS. The predicted octanol–water partition coefficient (Wildman–Crippen LogP) is 4.18. The molecular weight excluding hydrogens is 249 g/mol. The summed E-state index contributed by atoms with van der Waals surface area (Å²) in [4.78, 5) is 1.15. The lowest BCUT2D eigenvalue weighted by Crippen LogP contribution is -1.91. The van der Waals surface area contributed by atoms with E-state index in [0.29, 0.717) is 16.6 Å². The fourth-order valence-corrected chi connectivity index (χ4v) is 2.66. The molecule has 0 unspecified atom stereocenters. The number of rotatable bonds is 2. The van der Waals surface area contributed by atoms with Crippen molar-refractivity contribution >= 4 is 34.5 Å². The first-order chi connectivity index (χ1) is 7.19. The predicted molar refractivity (Wildman–Crippen MR) is 67.7 cm³/mol. The molecule has 0 saturated carbocycles. The van der Waals surface area contributed by atoms with Crippen molar-refractivity contribution in [2.45, 2.75) is 6.54 Å².